The van der Waals surface area contributed by atoms with Gasteiger partial charge in [-0.2, -0.15) is 8.78 Å². The zero-order chi connectivity index (χ0) is 8.91. The Hall–Kier alpha value is -0.220. The van der Waals surface area contributed by atoms with Crippen LogP contribution in [-0.2, 0) is 4.74 Å². The van der Waals surface area contributed by atoms with Crippen LogP contribution in [0.5, 0.6) is 0 Å². The van der Waals surface area contributed by atoms with Crippen molar-refractivity contribution in [2.75, 3.05) is 26.7 Å². The van der Waals surface area contributed by atoms with Crippen LogP contribution in [0.4, 0.5) is 8.78 Å². The zero-order valence-corrected chi connectivity index (χ0v) is 7.23. The second-order valence-electron chi connectivity index (χ2n) is 2.40. The van der Waals surface area contributed by atoms with Crippen LogP contribution >= 0.6 is 0 Å². The van der Waals surface area contributed by atoms with Crippen molar-refractivity contribution in [2.45, 2.75) is 20.0 Å². The first kappa shape index (κ1) is 10.8. The van der Waals surface area contributed by atoms with Crippen molar-refractivity contribution in [2.24, 2.45) is 0 Å². The van der Waals surface area contributed by atoms with Crippen molar-refractivity contribution in [1.82, 2.24) is 4.90 Å². The summed E-state index contributed by atoms with van der Waals surface area (Å²) in [6.45, 7) is 3.69. The molecular weight excluding hydrogens is 152 g/mol. The van der Waals surface area contributed by atoms with E-state index in [1.54, 1.807) is 14.0 Å². The minimum Gasteiger partial charge on any atom is -0.320 e. The summed E-state index contributed by atoms with van der Waals surface area (Å²) in [5.74, 6) is 0. The Morgan fingerprint density at radius 2 is 1.91 bits per heavy atom. The van der Waals surface area contributed by atoms with Gasteiger partial charge in [-0.05, 0) is 20.5 Å². The number of alkyl halides is 2. The van der Waals surface area contributed by atoms with Crippen molar-refractivity contribution in [3.63, 3.8) is 0 Å². The number of likely N-dealkylation sites (N-methyl/N-ethyl adjacent to an activating group) is 1. The first-order valence-corrected chi connectivity index (χ1v) is 3.72. The first-order chi connectivity index (χ1) is 5.02. The normalized spacial score (nSPS) is 12.5. The number of ether oxygens (including phenoxy) is 1. The molecular formula is C7H15F2NO. The number of nitrogens with zero attached hydrogens (tertiary/aromatic N) is 1. The van der Waals surface area contributed by atoms with E-state index in [1.807, 2.05) is 6.92 Å². The third-order valence-electron chi connectivity index (χ3n) is 1.35. The van der Waals surface area contributed by atoms with Gasteiger partial charge in [0, 0.05) is 0 Å². The maximum atomic E-state index is 12.6. The van der Waals surface area contributed by atoms with Gasteiger partial charge in [-0.1, -0.05) is 6.92 Å². The molecule has 0 aromatic carbocycles. The Labute approximate surface area is 66.1 Å². The van der Waals surface area contributed by atoms with Crippen molar-refractivity contribution in [3.8, 4) is 0 Å². The maximum absolute atomic E-state index is 12.6. The molecule has 0 spiro atoms. The van der Waals surface area contributed by atoms with Gasteiger partial charge >= 0.3 is 6.11 Å². The molecule has 0 fully saturated rings. The van der Waals surface area contributed by atoms with E-state index < -0.39 is 6.11 Å². The molecule has 0 saturated heterocycles. The summed E-state index contributed by atoms with van der Waals surface area (Å²) in [5, 5.41) is 0. The van der Waals surface area contributed by atoms with Crippen LogP contribution in [0.1, 0.15) is 13.8 Å². The van der Waals surface area contributed by atoms with E-state index in [1.165, 1.54) is 4.90 Å². The number of halogens is 2. The van der Waals surface area contributed by atoms with Crippen molar-refractivity contribution < 1.29 is 13.5 Å². The highest BCUT2D eigenvalue weighted by Crippen LogP contribution is 2.15. The topological polar surface area (TPSA) is 12.5 Å². The van der Waals surface area contributed by atoms with Crippen LogP contribution in [0.2, 0.25) is 0 Å². The van der Waals surface area contributed by atoms with Crippen LogP contribution in [0.15, 0.2) is 0 Å². The second kappa shape index (κ2) is 4.62. The molecule has 0 heterocycles. The molecule has 0 amide bonds. The van der Waals surface area contributed by atoms with E-state index in [0.717, 1.165) is 0 Å². The molecule has 0 bridgehead atoms. The predicted octanol–water partition coefficient (Wildman–Crippen LogP) is 1.57. The molecule has 4 heteroatoms. The predicted molar refractivity (Wildman–Crippen MR) is 39.7 cm³/mol. The summed E-state index contributed by atoms with van der Waals surface area (Å²) in [6.07, 6.45) is -3.00. The minimum atomic E-state index is -3.00. The van der Waals surface area contributed by atoms with E-state index in [0.29, 0.717) is 6.54 Å². The average molecular weight is 167 g/mol. The van der Waals surface area contributed by atoms with E-state index in [9.17, 15) is 8.78 Å². The summed E-state index contributed by atoms with van der Waals surface area (Å²) in [7, 11) is 1.63. The lowest BCUT2D eigenvalue weighted by molar-refractivity contribution is -0.242. The molecule has 0 unspecified atom stereocenters. The van der Waals surface area contributed by atoms with Gasteiger partial charge < -0.3 is 4.74 Å². The molecule has 0 aromatic rings. The van der Waals surface area contributed by atoms with E-state index in [4.69, 9.17) is 0 Å². The van der Waals surface area contributed by atoms with Crippen LogP contribution < -0.4 is 0 Å². The summed E-state index contributed by atoms with van der Waals surface area (Å²) in [6, 6.07) is 0. The Bertz CT molecular complexity index is 109. The molecule has 11 heavy (non-hydrogen) atoms. The van der Waals surface area contributed by atoms with Gasteiger partial charge in [0.15, 0.2) is 0 Å². The highest BCUT2D eigenvalue weighted by atomic mass is 19.3. The van der Waals surface area contributed by atoms with Gasteiger partial charge in [0.2, 0.25) is 0 Å². The van der Waals surface area contributed by atoms with Crippen molar-refractivity contribution in [1.29, 1.82) is 0 Å². The molecule has 0 aliphatic heterocycles. The van der Waals surface area contributed by atoms with Crippen molar-refractivity contribution in [3.05, 3.63) is 0 Å². The van der Waals surface area contributed by atoms with E-state index >= 15 is 0 Å². The van der Waals surface area contributed by atoms with Crippen molar-refractivity contribution >= 4 is 0 Å². The molecule has 0 rings (SSSR count). The Morgan fingerprint density at radius 1 is 1.36 bits per heavy atom. The van der Waals surface area contributed by atoms with Gasteiger partial charge in [-0.25, -0.2) is 0 Å². The van der Waals surface area contributed by atoms with Gasteiger partial charge in [0.1, 0.15) is 0 Å². The SMILES string of the molecule is CCOC(F)(F)CN(C)CC. The molecule has 0 N–H and O–H groups in total. The smallest absolute Gasteiger partial charge is 0.320 e. The Kier molecular flexibility index (Phi) is 4.52. The molecule has 0 atom stereocenters. The summed E-state index contributed by atoms with van der Waals surface area (Å²) >= 11 is 0. The van der Waals surface area contributed by atoms with Crippen LogP contribution in [-0.4, -0.2) is 37.8 Å². The van der Waals surface area contributed by atoms with Gasteiger partial charge in [0.25, 0.3) is 0 Å². The third kappa shape index (κ3) is 5.09. The summed E-state index contributed by atoms with van der Waals surface area (Å²) in [5.41, 5.74) is 0. The zero-order valence-electron chi connectivity index (χ0n) is 7.23. The first-order valence-electron chi connectivity index (χ1n) is 3.72. The molecule has 0 radical (unpaired) electrons. The molecule has 0 aliphatic rings. The average Bonchev–Trinajstić information content (AvgIpc) is 1.86. The van der Waals surface area contributed by atoms with Crippen LogP contribution in [0.3, 0.4) is 0 Å². The monoisotopic (exact) mass is 167 g/mol. The number of rotatable bonds is 5. The van der Waals surface area contributed by atoms with Gasteiger partial charge in [-0.15, -0.1) is 0 Å². The van der Waals surface area contributed by atoms with Crippen LogP contribution in [0, 0.1) is 0 Å². The molecule has 0 aromatic heterocycles. The van der Waals surface area contributed by atoms with Gasteiger partial charge in [0.05, 0.1) is 13.2 Å². The molecule has 68 valence electrons. The highest BCUT2D eigenvalue weighted by Gasteiger charge is 2.30. The maximum Gasteiger partial charge on any atom is 0.368 e. The molecule has 2 nitrogen and oxygen atoms in total. The standard InChI is InChI=1S/C7H15F2NO/c1-4-10(3)6-7(8,9)11-5-2/h4-6H2,1-3H3. The fourth-order valence-electron chi connectivity index (χ4n) is 0.683. The number of hydrogen-bond donors (Lipinski definition) is 0. The van der Waals surface area contributed by atoms with Gasteiger partial charge in [-0.3, -0.25) is 4.90 Å². The lowest BCUT2D eigenvalue weighted by Crippen LogP contribution is -2.36. The largest absolute Gasteiger partial charge is 0.368 e. The fourth-order valence-corrected chi connectivity index (χ4v) is 0.683. The molecule has 0 saturated carbocycles. The highest BCUT2D eigenvalue weighted by molar-refractivity contribution is 4.57. The molecule has 0 aliphatic carbocycles. The summed E-state index contributed by atoms with van der Waals surface area (Å²) < 4.78 is 29.4. The second-order valence-corrected chi connectivity index (χ2v) is 2.40. The van der Waals surface area contributed by atoms with E-state index in [2.05, 4.69) is 4.74 Å². The lowest BCUT2D eigenvalue weighted by atomic mass is 10.5. The minimum absolute atomic E-state index is 0.0462. The Balaban J connectivity index is 3.70. The van der Waals surface area contributed by atoms with E-state index in [-0.39, 0.29) is 13.2 Å². The third-order valence-corrected chi connectivity index (χ3v) is 1.35. The fraction of sp³-hybridized carbons (Fsp3) is 1.00. The summed E-state index contributed by atoms with van der Waals surface area (Å²) in [4.78, 5) is 1.51. The quantitative estimate of drug-likeness (QED) is 0.616. The Morgan fingerprint density at radius 3 is 2.27 bits per heavy atom. The van der Waals surface area contributed by atoms with Crippen LogP contribution in [0.25, 0.3) is 0 Å². The number of hydrogen-bond acceptors (Lipinski definition) is 2. The lowest BCUT2D eigenvalue weighted by Gasteiger charge is -2.21.